The van der Waals surface area contributed by atoms with Gasteiger partial charge in [-0.2, -0.15) is 0 Å². The van der Waals surface area contributed by atoms with Crippen LogP contribution >= 0.6 is 47.8 Å². The third kappa shape index (κ3) is 3.91. The van der Waals surface area contributed by atoms with Crippen molar-refractivity contribution < 1.29 is 4.43 Å². The lowest BCUT2D eigenvalue weighted by Crippen LogP contribution is -2.41. The fourth-order valence-corrected chi connectivity index (χ4v) is 4.04. The third-order valence-electron chi connectivity index (χ3n) is 3.40. The van der Waals surface area contributed by atoms with Crippen LogP contribution in [0.2, 0.25) is 18.1 Å². The van der Waals surface area contributed by atoms with Crippen LogP contribution in [0.5, 0.6) is 0 Å². The SMILES string of the molecule is CC(C)(C)[Si](C)(C)OCCn1c(Br)nc(Br)c1Br. The number of hydrogen-bond acceptors (Lipinski definition) is 2. The molecule has 0 saturated heterocycles. The molecular formula is C11H19Br3N2OSi. The number of nitrogens with zero attached hydrogens (tertiary/aromatic N) is 2. The van der Waals surface area contributed by atoms with Crippen molar-refractivity contribution in [1.82, 2.24) is 9.55 Å². The summed E-state index contributed by atoms with van der Waals surface area (Å²) in [7, 11) is -1.66. The van der Waals surface area contributed by atoms with Gasteiger partial charge in [0.05, 0.1) is 6.61 Å². The van der Waals surface area contributed by atoms with Gasteiger partial charge in [0.2, 0.25) is 0 Å². The average molecular weight is 463 g/mol. The molecule has 0 atom stereocenters. The van der Waals surface area contributed by atoms with Gasteiger partial charge in [0.15, 0.2) is 13.1 Å². The van der Waals surface area contributed by atoms with Crippen LogP contribution in [-0.4, -0.2) is 24.5 Å². The molecule has 1 heterocycles. The molecule has 1 aromatic heterocycles. The Morgan fingerprint density at radius 3 is 2.17 bits per heavy atom. The molecule has 0 saturated carbocycles. The monoisotopic (exact) mass is 460 g/mol. The van der Waals surface area contributed by atoms with Crippen LogP contribution in [0.25, 0.3) is 0 Å². The van der Waals surface area contributed by atoms with Crippen molar-refractivity contribution in [3.8, 4) is 0 Å². The van der Waals surface area contributed by atoms with Crippen molar-refractivity contribution in [3.05, 3.63) is 13.9 Å². The van der Waals surface area contributed by atoms with Gasteiger partial charge in [-0.1, -0.05) is 20.8 Å². The highest BCUT2D eigenvalue weighted by atomic mass is 79.9. The molecule has 0 spiro atoms. The predicted molar refractivity (Wildman–Crippen MR) is 88.5 cm³/mol. The zero-order chi connectivity index (χ0) is 14.1. The number of imidazole rings is 1. The van der Waals surface area contributed by atoms with Crippen LogP contribution in [-0.2, 0) is 11.0 Å². The first-order valence-corrected chi connectivity index (χ1v) is 11.1. The Bertz CT molecular complexity index is 427. The zero-order valence-electron chi connectivity index (χ0n) is 11.4. The van der Waals surface area contributed by atoms with Crippen molar-refractivity contribution in [1.29, 1.82) is 0 Å². The number of aromatic nitrogens is 2. The largest absolute Gasteiger partial charge is 0.415 e. The topological polar surface area (TPSA) is 27.1 Å². The molecule has 18 heavy (non-hydrogen) atoms. The predicted octanol–water partition coefficient (Wildman–Crippen LogP) is 5.19. The maximum atomic E-state index is 6.15. The summed E-state index contributed by atoms with van der Waals surface area (Å²) in [6.45, 7) is 12.8. The van der Waals surface area contributed by atoms with Crippen molar-refractivity contribution in [3.63, 3.8) is 0 Å². The highest BCUT2D eigenvalue weighted by Crippen LogP contribution is 2.36. The van der Waals surface area contributed by atoms with Gasteiger partial charge in [-0.15, -0.1) is 0 Å². The van der Waals surface area contributed by atoms with Crippen molar-refractivity contribution >= 4 is 56.1 Å². The van der Waals surface area contributed by atoms with Crippen molar-refractivity contribution in [2.24, 2.45) is 0 Å². The molecule has 0 radical (unpaired) electrons. The van der Waals surface area contributed by atoms with Gasteiger partial charge in [0.1, 0.15) is 9.21 Å². The van der Waals surface area contributed by atoms with Gasteiger partial charge < -0.3 is 8.99 Å². The first kappa shape index (κ1) is 16.9. The Kier molecular flexibility index (Phi) is 5.70. The fraction of sp³-hybridized carbons (Fsp3) is 0.727. The van der Waals surface area contributed by atoms with Gasteiger partial charge in [-0.3, -0.25) is 0 Å². The lowest BCUT2D eigenvalue weighted by molar-refractivity contribution is 0.270. The Morgan fingerprint density at radius 2 is 1.78 bits per heavy atom. The third-order valence-corrected chi connectivity index (χ3v) is 10.4. The van der Waals surface area contributed by atoms with Gasteiger partial charge in [0.25, 0.3) is 0 Å². The lowest BCUT2D eigenvalue weighted by Gasteiger charge is -2.36. The molecule has 0 unspecified atom stereocenters. The van der Waals surface area contributed by atoms with Crippen LogP contribution in [0.3, 0.4) is 0 Å². The second-order valence-electron chi connectivity index (χ2n) is 5.72. The minimum atomic E-state index is -1.66. The van der Waals surface area contributed by atoms with Crippen LogP contribution in [0.1, 0.15) is 20.8 Å². The second-order valence-corrected chi connectivity index (χ2v) is 12.7. The summed E-state index contributed by atoms with van der Waals surface area (Å²) in [5.41, 5.74) is 0. The van der Waals surface area contributed by atoms with E-state index in [-0.39, 0.29) is 5.04 Å². The van der Waals surface area contributed by atoms with E-state index < -0.39 is 8.32 Å². The number of rotatable bonds is 4. The molecule has 104 valence electrons. The summed E-state index contributed by atoms with van der Waals surface area (Å²) >= 11 is 10.3. The lowest BCUT2D eigenvalue weighted by atomic mass is 10.2. The van der Waals surface area contributed by atoms with Crippen LogP contribution in [0, 0.1) is 0 Å². The minimum absolute atomic E-state index is 0.247. The molecule has 7 heteroatoms. The molecule has 0 aliphatic carbocycles. The van der Waals surface area contributed by atoms with Gasteiger partial charge in [-0.25, -0.2) is 4.98 Å². The molecule has 0 bridgehead atoms. The van der Waals surface area contributed by atoms with Gasteiger partial charge in [-0.05, 0) is 65.9 Å². The van der Waals surface area contributed by atoms with Gasteiger partial charge in [0, 0.05) is 6.54 Å². The molecule has 0 aliphatic heterocycles. The summed E-state index contributed by atoms with van der Waals surface area (Å²) in [6.07, 6.45) is 0. The van der Waals surface area contributed by atoms with E-state index in [9.17, 15) is 0 Å². The Balaban J connectivity index is 2.62. The first-order chi connectivity index (χ1) is 8.06. The van der Waals surface area contributed by atoms with E-state index in [2.05, 4.69) is 86.6 Å². The van der Waals surface area contributed by atoms with Crippen molar-refractivity contribution in [2.75, 3.05) is 6.61 Å². The Hall–Kier alpha value is 0.827. The quantitative estimate of drug-likeness (QED) is 0.575. The molecule has 0 N–H and O–H groups in total. The fourth-order valence-electron chi connectivity index (χ4n) is 1.18. The summed E-state index contributed by atoms with van der Waals surface area (Å²) in [5.74, 6) is 0. The Morgan fingerprint density at radius 1 is 1.22 bits per heavy atom. The summed E-state index contributed by atoms with van der Waals surface area (Å²) in [4.78, 5) is 4.28. The van der Waals surface area contributed by atoms with E-state index in [1.807, 2.05) is 4.57 Å². The number of halogens is 3. The average Bonchev–Trinajstić information content (AvgIpc) is 2.42. The zero-order valence-corrected chi connectivity index (χ0v) is 17.1. The van der Waals surface area contributed by atoms with Crippen LogP contribution < -0.4 is 0 Å². The van der Waals surface area contributed by atoms with E-state index in [1.165, 1.54) is 0 Å². The maximum absolute atomic E-state index is 6.15. The summed E-state index contributed by atoms with van der Waals surface area (Å²) < 4.78 is 10.7. The standard InChI is InChI=1S/C11H19Br3N2OSi/c1-11(2,3)18(4,5)17-7-6-16-9(13)8(12)15-10(16)14/h6-7H2,1-5H3. The van der Waals surface area contributed by atoms with E-state index >= 15 is 0 Å². The molecule has 3 nitrogen and oxygen atoms in total. The smallest absolute Gasteiger partial charge is 0.192 e. The molecule has 1 rings (SSSR count). The molecular weight excluding hydrogens is 444 g/mol. The molecule has 0 amide bonds. The summed E-state index contributed by atoms with van der Waals surface area (Å²) in [6, 6.07) is 0. The van der Waals surface area contributed by atoms with Crippen molar-refractivity contribution in [2.45, 2.75) is 45.4 Å². The molecule has 0 aromatic carbocycles. The van der Waals surface area contributed by atoms with E-state index in [0.29, 0.717) is 6.61 Å². The van der Waals surface area contributed by atoms with Crippen LogP contribution in [0.4, 0.5) is 0 Å². The number of hydrogen-bond donors (Lipinski definition) is 0. The molecule has 0 aliphatic rings. The van der Waals surface area contributed by atoms with E-state index in [1.54, 1.807) is 0 Å². The maximum Gasteiger partial charge on any atom is 0.192 e. The van der Waals surface area contributed by atoms with E-state index in [0.717, 1.165) is 20.5 Å². The second kappa shape index (κ2) is 6.07. The molecule has 0 fully saturated rings. The highest BCUT2D eigenvalue weighted by Gasteiger charge is 2.36. The molecule has 1 aromatic rings. The van der Waals surface area contributed by atoms with Gasteiger partial charge >= 0.3 is 0 Å². The van der Waals surface area contributed by atoms with Crippen LogP contribution in [0.15, 0.2) is 13.9 Å². The summed E-state index contributed by atoms with van der Waals surface area (Å²) in [5, 5.41) is 0.247. The minimum Gasteiger partial charge on any atom is -0.415 e. The first-order valence-electron chi connectivity index (χ1n) is 5.77. The highest BCUT2D eigenvalue weighted by molar-refractivity contribution is 9.13. The normalized spacial score (nSPS) is 13.1. The van der Waals surface area contributed by atoms with E-state index in [4.69, 9.17) is 4.43 Å². The Labute approximate surface area is 135 Å².